The minimum absolute atomic E-state index is 0.0692. The quantitative estimate of drug-likeness (QED) is 0.489. The van der Waals surface area contributed by atoms with Crippen LogP contribution in [-0.4, -0.2) is 19.0 Å². The monoisotopic (exact) mass is 293 g/mol. The second-order valence-electron chi connectivity index (χ2n) is 4.96. The Labute approximate surface area is 128 Å². The average Bonchev–Trinajstić information content (AvgIpc) is 2.53. The van der Waals surface area contributed by atoms with Crippen molar-refractivity contribution < 1.29 is 4.92 Å². The van der Waals surface area contributed by atoms with Crippen LogP contribution in [0.4, 0.5) is 11.4 Å². The van der Waals surface area contributed by atoms with Gasteiger partial charge in [0, 0.05) is 25.8 Å². The lowest BCUT2D eigenvalue weighted by atomic mass is 10.1. The Kier molecular flexibility index (Phi) is 4.54. The standard InChI is InChI=1S/C17H15N3O2/c1-19(2)16-9-5-13(6-10-16)3-7-15-8-4-14(12-18)11-17(15)20(21)22/h3-11H,1-2H3. The van der Waals surface area contributed by atoms with Crippen LogP contribution < -0.4 is 4.90 Å². The summed E-state index contributed by atoms with van der Waals surface area (Å²) < 4.78 is 0. The van der Waals surface area contributed by atoms with Crippen molar-refractivity contribution in [2.75, 3.05) is 19.0 Å². The molecule has 0 N–H and O–H groups in total. The minimum Gasteiger partial charge on any atom is -0.378 e. The smallest absolute Gasteiger partial charge is 0.277 e. The first-order valence-electron chi connectivity index (χ1n) is 6.65. The van der Waals surface area contributed by atoms with Crippen LogP contribution in [0.3, 0.4) is 0 Å². The zero-order valence-electron chi connectivity index (χ0n) is 12.4. The van der Waals surface area contributed by atoms with Gasteiger partial charge in [-0.3, -0.25) is 10.1 Å². The second kappa shape index (κ2) is 6.55. The number of rotatable bonds is 4. The van der Waals surface area contributed by atoms with Crippen molar-refractivity contribution >= 4 is 23.5 Å². The molecule has 0 amide bonds. The van der Waals surface area contributed by atoms with Crippen LogP contribution >= 0.6 is 0 Å². The summed E-state index contributed by atoms with van der Waals surface area (Å²) in [5.41, 5.74) is 2.71. The average molecular weight is 293 g/mol. The molecule has 0 aliphatic carbocycles. The molecular weight excluding hydrogens is 278 g/mol. The Bertz CT molecular complexity index is 756. The molecule has 110 valence electrons. The molecule has 0 radical (unpaired) electrons. The molecule has 0 bridgehead atoms. The van der Waals surface area contributed by atoms with Gasteiger partial charge in [-0.15, -0.1) is 0 Å². The lowest BCUT2D eigenvalue weighted by Gasteiger charge is -2.11. The van der Waals surface area contributed by atoms with Gasteiger partial charge in [-0.25, -0.2) is 0 Å². The van der Waals surface area contributed by atoms with Crippen LogP contribution in [0.15, 0.2) is 42.5 Å². The maximum Gasteiger partial charge on any atom is 0.277 e. The van der Waals surface area contributed by atoms with Crippen LogP contribution in [0.2, 0.25) is 0 Å². The molecule has 2 aromatic carbocycles. The molecule has 2 rings (SSSR count). The van der Waals surface area contributed by atoms with Gasteiger partial charge in [0.25, 0.3) is 5.69 Å². The Morgan fingerprint density at radius 3 is 2.36 bits per heavy atom. The van der Waals surface area contributed by atoms with Crippen LogP contribution in [0, 0.1) is 21.4 Å². The largest absolute Gasteiger partial charge is 0.378 e. The Balaban J connectivity index is 2.30. The summed E-state index contributed by atoms with van der Waals surface area (Å²) in [6.45, 7) is 0. The number of hydrogen-bond acceptors (Lipinski definition) is 4. The van der Waals surface area contributed by atoms with Gasteiger partial charge >= 0.3 is 0 Å². The Morgan fingerprint density at radius 2 is 1.82 bits per heavy atom. The van der Waals surface area contributed by atoms with Gasteiger partial charge in [0.2, 0.25) is 0 Å². The number of nitrogens with zero attached hydrogens (tertiary/aromatic N) is 3. The third kappa shape index (κ3) is 3.49. The highest BCUT2D eigenvalue weighted by molar-refractivity contribution is 5.75. The van der Waals surface area contributed by atoms with E-state index in [-0.39, 0.29) is 11.3 Å². The van der Waals surface area contributed by atoms with Crippen molar-refractivity contribution in [3.8, 4) is 6.07 Å². The zero-order valence-corrected chi connectivity index (χ0v) is 12.4. The van der Waals surface area contributed by atoms with Crippen molar-refractivity contribution in [3.63, 3.8) is 0 Å². The Morgan fingerprint density at radius 1 is 1.14 bits per heavy atom. The number of nitro groups is 1. The third-order valence-electron chi connectivity index (χ3n) is 3.22. The van der Waals surface area contributed by atoms with Gasteiger partial charge < -0.3 is 4.90 Å². The summed E-state index contributed by atoms with van der Waals surface area (Å²) in [6, 6.07) is 14.2. The maximum atomic E-state index is 11.1. The SMILES string of the molecule is CN(C)c1ccc(C=Cc2ccc(C#N)cc2[N+](=O)[O-])cc1. The van der Waals surface area contributed by atoms with Crippen LogP contribution in [-0.2, 0) is 0 Å². The first-order chi connectivity index (χ1) is 10.5. The molecule has 0 aliphatic heterocycles. The molecule has 0 unspecified atom stereocenters. The lowest BCUT2D eigenvalue weighted by Crippen LogP contribution is -2.07. The molecule has 0 saturated heterocycles. The number of nitriles is 1. The van der Waals surface area contributed by atoms with Crippen LogP contribution in [0.5, 0.6) is 0 Å². The molecule has 0 atom stereocenters. The minimum atomic E-state index is -0.477. The van der Waals surface area contributed by atoms with Gasteiger partial charge in [0.05, 0.1) is 22.1 Å². The maximum absolute atomic E-state index is 11.1. The van der Waals surface area contributed by atoms with Gasteiger partial charge in [-0.1, -0.05) is 18.2 Å². The fraction of sp³-hybridized carbons (Fsp3) is 0.118. The molecular formula is C17H15N3O2. The van der Waals surface area contributed by atoms with E-state index in [1.807, 2.05) is 55.4 Å². The molecule has 0 spiro atoms. The van der Waals surface area contributed by atoms with Crippen molar-refractivity contribution in [1.29, 1.82) is 5.26 Å². The molecule has 0 fully saturated rings. The van der Waals surface area contributed by atoms with Crippen LogP contribution in [0.1, 0.15) is 16.7 Å². The summed E-state index contributed by atoms with van der Waals surface area (Å²) in [5, 5.41) is 19.9. The molecule has 5 heteroatoms. The van der Waals surface area contributed by atoms with E-state index in [2.05, 4.69) is 0 Å². The van der Waals surface area contributed by atoms with Gasteiger partial charge in [-0.05, 0) is 35.9 Å². The molecule has 2 aromatic rings. The number of benzene rings is 2. The molecule has 0 saturated carbocycles. The van der Waals surface area contributed by atoms with Gasteiger partial charge in [0.15, 0.2) is 0 Å². The van der Waals surface area contributed by atoms with Crippen molar-refractivity contribution in [2.45, 2.75) is 0 Å². The van der Waals surface area contributed by atoms with E-state index < -0.39 is 4.92 Å². The van der Waals surface area contributed by atoms with E-state index >= 15 is 0 Å². The highest BCUT2D eigenvalue weighted by atomic mass is 16.6. The molecule has 0 aliphatic rings. The van der Waals surface area contributed by atoms with Gasteiger partial charge in [0.1, 0.15) is 0 Å². The normalized spacial score (nSPS) is 10.4. The molecule has 0 aromatic heterocycles. The summed E-state index contributed by atoms with van der Waals surface area (Å²) in [4.78, 5) is 12.6. The summed E-state index contributed by atoms with van der Waals surface area (Å²) >= 11 is 0. The zero-order chi connectivity index (χ0) is 16.1. The predicted molar refractivity (Wildman–Crippen MR) is 87.5 cm³/mol. The highest BCUT2D eigenvalue weighted by Gasteiger charge is 2.12. The summed E-state index contributed by atoms with van der Waals surface area (Å²) in [7, 11) is 3.93. The Hall–Kier alpha value is -3.13. The van der Waals surface area contributed by atoms with E-state index in [0.717, 1.165) is 11.3 Å². The molecule has 5 nitrogen and oxygen atoms in total. The predicted octanol–water partition coefficient (Wildman–Crippen LogP) is 3.70. The number of hydrogen-bond donors (Lipinski definition) is 0. The summed E-state index contributed by atoms with van der Waals surface area (Å²) in [5.74, 6) is 0. The lowest BCUT2D eigenvalue weighted by molar-refractivity contribution is -0.385. The first-order valence-corrected chi connectivity index (χ1v) is 6.65. The van der Waals surface area contributed by atoms with Crippen molar-refractivity contribution in [1.82, 2.24) is 0 Å². The van der Waals surface area contributed by atoms with Crippen molar-refractivity contribution in [3.05, 3.63) is 69.3 Å². The first kappa shape index (κ1) is 15.3. The topological polar surface area (TPSA) is 70.2 Å². The van der Waals surface area contributed by atoms with E-state index in [1.165, 1.54) is 6.07 Å². The van der Waals surface area contributed by atoms with Gasteiger partial charge in [-0.2, -0.15) is 5.26 Å². The fourth-order valence-corrected chi connectivity index (χ4v) is 1.98. The molecule has 0 heterocycles. The van der Waals surface area contributed by atoms with E-state index in [4.69, 9.17) is 5.26 Å². The van der Waals surface area contributed by atoms with Crippen molar-refractivity contribution in [2.24, 2.45) is 0 Å². The van der Waals surface area contributed by atoms with E-state index in [0.29, 0.717) is 5.56 Å². The number of nitro benzene ring substituents is 1. The van der Waals surface area contributed by atoms with E-state index in [1.54, 1.807) is 18.2 Å². The highest BCUT2D eigenvalue weighted by Crippen LogP contribution is 2.23. The van der Waals surface area contributed by atoms with Crippen LogP contribution in [0.25, 0.3) is 12.2 Å². The molecule has 22 heavy (non-hydrogen) atoms. The third-order valence-corrected chi connectivity index (χ3v) is 3.22. The summed E-state index contributed by atoms with van der Waals surface area (Å²) in [6.07, 6.45) is 3.50. The second-order valence-corrected chi connectivity index (χ2v) is 4.96. The number of anilines is 1. The fourth-order valence-electron chi connectivity index (χ4n) is 1.98. The van der Waals surface area contributed by atoms with E-state index in [9.17, 15) is 10.1 Å².